The molecule has 1 aromatic carbocycles. The lowest BCUT2D eigenvalue weighted by Gasteiger charge is -2.35. The summed E-state index contributed by atoms with van der Waals surface area (Å²) in [7, 11) is 0. The molecule has 1 saturated heterocycles. The van der Waals surface area contributed by atoms with E-state index in [1.807, 2.05) is 11.0 Å². The highest BCUT2D eigenvalue weighted by molar-refractivity contribution is 5.86. The summed E-state index contributed by atoms with van der Waals surface area (Å²) in [5, 5.41) is 20.7. The van der Waals surface area contributed by atoms with Crippen molar-refractivity contribution in [1.29, 1.82) is 5.26 Å². The average molecular weight is 231 g/mol. The van der Waals surface area contributed by atoms with E-state index in [0.717, 1.165) is 5.69 Å². The molecule has 1 atom stereocenters. The molecule has 1 amide bonds. The molecule has 0 radical (unpaired) electrons. The van der Waals surface area contributed by atoms with E-state index < -0.39 is 6.04 Å². The molecule has 17 heavy (non-hydrogen) atoms. The zero-order chi connectivity index (χ0) is 12.3. The summed E-state index contributed by atoms with van der Waals surface area (Å²) < 4.78 is 0. The van der Waals surface area contributed by atoms with Gasteiger partial charge < -0.3 is 15.3 Å². The first kappa shape index (κ1) is 11.4. The predicted molar refractivity (Wildman–Crippen MR) is 62.4 cm³/mol. The van der Waals surface area contributed by atoms with E-state index in [4.69, 9.17) is 5.26 Å². The van der Waals surface area contributed by atoms with E-state index in [1.165, 1.54) is 0 Å². The molecule has 0 bridgehead atoms. The second kappa shape index (κ2) is 4.85. The summed E-state index contributed by atoms with van der Waals surface area (Å²) in [5.74, 6) is -0.164. The molecule has 2 N–H and O–H groups in total. The Morgan fingerprint density at radius 2 is 2.18 bits per heavy atom. The minimum atomic E-state index is -0.545. The number of aliphatic hydroxyl groups excluding tert-OH is 1. The van der Waals surface area contributed by atoms with Crippen LogP contribution in [0.15, 0.2) is 24.3 Å². The number of anilines is 1. The second-order valence-electron chi connectivity index (χ2n) is 3.84. The lowest BCUT2D eigenvalue weighted by atomic mass is 10.1. The van der Waals surface area contributed by atoms with Gasteiger partial charge in [-0.25, -0.2) is 0 Å². The minimum Gasteiger partial charge on any atom is -0.394 e. The molecule has 1 aliphatic rings. The summed E-state index contributed by atoms with van der Waals surface area (Å²) in [6, 6.07) is 8.49. The first-order chi connectivity index (χ1) is 8.26. The van der Waals surface area contributed by atoms with Gasteiger partial charge in [-0.15, -0.1) is 0 Å². The molecule has 1 aromatic rings. The number of rotatable bonds is 2. The Morgan fingerprint density at radius 3 is 2.76 bits per heavy atom. The Kier molecular flexibility index (Phi) is 3.26. The van der Waals surface area contributed by atoms with Gasteiger partial charge in [-0.05, 0) is 24.3 Å². The molecule has 5 nitrogen and oxygen atoms in total. The van der Waals surface area contributed by atoms with Gasteiger partial charge in [0.25, 0.3) is 0 Å². The van der Waals surface area contributed by atoms with Crippen molar-refractivity contribution in [3.8, 4) is 6.07 Å². The molecule has 1 aliphatic heterocycles. The molecule has 1 fully saturated rings. The third-order valence-corrected chi connectivity index (χ3v) is 2.83. The Balaban J connectivity index is 2.25. The van der Waals surface area contributed by atoms with Crippen molar-refractivity contribution in [2.75, 3.05) is 24.6 Å². The quantitative estimate of drug-likeness (QED) is 0.742. The van der Waals surface area contributed by atoms with E-state index in [2.05, 4.69) is 5.32 Å². The molecule has 1 unspecified atom stereocenters. The van der Waals surface area contributed by atoms with Crippen LogP contribution in [0.3, 0.4) is 0 Å². The maximum absolute atomic E-state index is 11.6. The molecule has 0 saturated carbocycles. The zero-order valence-electron chi connectivity index (χ0n) is 9.26. The summed E-state index contributed by atoms with van der Waals surface area (Å²) >= 11 is 0. The number of nitrogens with one attached hydrogen (secondary N) is 1. The van der Waals surface area contributed by atoms with Gasteiger partial charge in [-0.2, -0.15) is 5.26 Å². The maximum atomic E-state index is 11.6. The van der Waals surface area contributed by atoms with Crippen molar-refractivity contribution < 1.29 is 9.90 Å². The summed E-state index contributed by atoms with van der Waals surface area (Å²) in [4.78, 5) is 13.4. The van der Waals surface area contributed by atoms with Gasteiger partial charge in [0.2, 0.25) is 5.91 Å². The number of nitrogens with zero attached hydrogens (tertiary/aromatic N) is 2. The van der Waals surface area contributed by atoms with Crippen LogP contribution in [0.5, 0.6) is 0 Å². The van der Waals surface area contributed by atoms with E-state index >= 15 is 0 Å². The molecular formula is C12H13N3O2. The van der Waals surface area contributed by atoms with Gasteiger partial charge in [0.1, 0.15) is 6.04 Å². The number of carbonyl (C=O) groups excluding carboxylic acids is 1. The van der Waals surface area contributed by atoms with Crippen LogP contribution in [0.2, 0.25) is 0 Å². The third-order valence-electron chi connectivity index (χ3n) is 2.83. The first-order valence-electron chi connectivity index (χ1n) is 5.41. The van der Waals surface area contributed by atoms with Crippen molar-refractivity contribution in [1.82, 2.24) is 5.32 Å². The minimum absolute atomic E-state index is 0.164. The monoisotopic (exact) mass is 231 g/mol. The molecule has 0 aliphatic carbocycles. The van der Waals surface area contributed by atoms with Crippen molar-refractivity contribution in [2.24, 2.45) is 0 Å². The third kappa shape index (κ3) is 2.22. The van der Waals surface area contributed by atoms with E-state index in [9.17, 15) is 9.90 Å². The van der Waals surface area contributed by atoms with Gasteiger partial charge in [-0.3, -0.25) is 4.79 Å². The molecule has 0 spiro atoms. The van der Waals surface area contributed by atoms with Crippen LogP contribution >= 0.6 is 0 Å². The second-order valence-corrected chi connectivity index (χ2v) is 3.84. The van der Waals surface area contributed by atoms with Crippen LogP contribution in [-0.2, 0) is 4.79 Å². The zero-order valence-corrected chi connectivity index (χ0v) is 9.26. The smallest absolute Gasteiger partial charge is 0.245 e. The number of hydrogen-bond donors (Lipinski definition) is 2. The highest BCUT2D eigenvalue weighted by Gasteiger charge is 2.28. The molecule has 88 valence electrons. The van der Waals surface area contributed by atoms with E-state index in [1.54, 1.807) is 24.3 Å². The van der Waals surface area contributed by atoms with Crippen molar-refractivity contribution in [2.45, 2.75) is 6.04 Å². The largest absolute Gasteiger partial charge is 0.394 e. The Hall–Kier alpha value is -2.06. The van der Waals surface area contributed by atoms with Crippen LogP contribution < -0.4 is 10.2 Å². The maximum Gasteiger partial charge on any atom is 0.245 e. The van der Waals surface area contributed by atoms with Gasteiger partial charge in [-0.1, -0.05) is 0 Å². The number of hydrogen-bond acceptors (Lipinski definition) is 4. The molecular weight excluding hydrogens is 218 g/mol. The predicted octanol–water partition coefficient (Wildman–Crippen LogP) is -0.145. The van der Waals surface area contributed by atoms with E-state index in [0.29, 0.717) is 18.7 Å². The average Bonchev–Trinajstić information content (AvgIpc) is 2.38. The number of piperazine rings is 1. The molecule has 2 rings (SSSR count). The normalized spacial score (nSPS) is 19.6. The number of nitriles is 1. The van der Waals surface area contributed by atoms with Crippen molar-refractivity contribution in [3.05, 3.63) is 29.8 Å². The number of aliphatic hydroxyl groups is 1. The lowest BCUT2D eigenvalue weighted by Crippen LogP contribution is -2.57. The van der Waals surface area contributed by atoms with Gasteiger partial charge in [0.05, 0.1) is 18.2 Å². The first-order valence-corrected chi connectivity index (χ1v) is 5.41. The van der Waals surface area contributed by atoms with Gasteiger partial charge in [0.15, 0.2) is 0 Å². The Bertz CT molecular complexity index is 450. The van der Waals surface area contributed by atoms with Crippen molar-refractivity contribution in [3.63, 3.8) is 0 Å². The van der Waals surface area contributed by atoms with Crippen LogP contribution in [0, 0.1) is 11.3 Å². The van der Waals surface area contributed by atoms with E-state index in [-0.39, 0.29) is 12.5 Å². The topological polar surface area (TPSA) is 76.4 Å². The van der Waals surface area contributed by atoms with Crippen molar-refractivity contribution >= 4 is 11.6 Å². The fourth-order valence-corrected chi connectivity index (χ4v) is 1.93. The lowest BCUT2D eigenvalue weighted by molar-refractivity contribution is -0.124. The fourth-order valence-electron chi connectivity index (χ4n) is 1.93. The number of benzene rings is 1. The molecule has 5 heteroatoms. The van der Waals surface area contributed by atoms with Crippen LogP contribution in [0.4, 0.5) is 5.69 Å². The Labute approximate surface area is 99.3 Å². The summed E-state index contributed by atoms with van der Waals surface area (Å²) in [5.41, 5.74) is 1.42. The van der Waals surface area contributed by atoms with Crippen LogP contribution in [0.25, 0.3) is 0 Å². The highest BCUT2D eigenvalue weighted by Crippen LogP contribution is 2.19. The summed E-state index contributed by atoms with van der Waals surface area (Å²) in [6.45, 7) is 1.00. The highest BCUT2D eigenvalue weighted by atomic mass is 16.3. The van der Waals surface area contributed by atoms with Crippen LogP contribution in [0.1, 0.15) is 5.56 Å². The summed E-state index contributed by atoms with van der Waals surface area (Å²) in [6.07, 6.45) is 0. The van der Waals surface area contributed by atoms with Crippen LogP contribution in [-0.4, -0.2) is 36.8 Å². The number of amides is 1. The van der Waals surface area contributed by atoms with Gasteiger partial charge >= 0.3 is 0 Å². The van der Waals surface area contributed by atoms with Gasteiger partial charge in [0, 0.05) is 18.8 Å². The fraction of sp³-hybridized carbons (Fsp3) is 0.333. The standard InChI is InChI=1S/C12H13N3O2/c13-7-9-1-3-10(4-2-9)15-6-5-14-12(17)11(15)8-16/h1-4,11,16H,5-6,8H2,(H,14,17). The number of carbonyl (C=O) groups is 1. The SMILES string of the molecule is N#Cc1ccc(N2CCNC(=O)C2CO)cc1. The molecule has 1 heterocycles. The molecule has 0 aromatic heterocycles. The Morgan fingerprint density at radius 1 is 1.47 bits per heavy atom.